The summed E-state index contributed by atoms with van der Waals surface area (Å²) >= 11 is 0. The minimum absolute atomic E-state index is 0.122. The maximum Gasteiger partial charge on any atom is 0.305 e. The van der Waals surface area contributed by atoms with E-state index in [-0.39, 0.29) is 13.0 Å². The minimum Gasteiger partial charge on any atom is -0.462 e. The Labute approximate surface area is 133 Å². The molecule has 23 heavy (non-hydrogen) atoms. The van der Waals surface area contributed by atoms with Crippen LogP contribution in [-0.2, 0) is 42.9 Å². The van der Waals surface area contributed by atoms with Gasteiger partial charge in [-0.2, -0.15) is 0 Å². The molecule has 0 amide bonds. The SMILES string of the molecule is CC(=O)OC[C@@H](OC(C)=O)[C@H]1C[C@@H](OC(C)=O)C(OC(C)=O)O1. The van der Waals surface area contributed by atoms with E-state index in [0.717, 1.165) is 0 Å². The molecule has 0 spiro atoms. The van der Waals surface area contributed by atoms with E-state index < -0.39 is 48.5 Å². The Kier molecular flexibility index (Phi) is 6.95. The number of hydrogen-bond donors (Lipinski definition) is 0. The largest absolute Gasteiger partial charge is 0.462 e. The molecule has 1 aliphatic heterocycles. The first-order valence-electron chi connectivity index (χ1n) is 6.99. The predicted molar refractivity (Wildman–Crippen MR) is 72.8 cm³/mol. The monoisotopic (exact) mass is 332 g/mol. The van der Waals surface area contributed by atoms with Gasteiger partial charge in [-0.25, -0.2) is 0 Å². The molecule has 1 fully saturated rings. The molecule has 0 radical (unpaired) electrons. The molecule has 0 saturated carbocycles. The van der Waals surface area contributed by atoms with Crippen molar-refractivity contribution < 1.29 is 42.9 Å². The fraction of sp³-hybridized carbons (Fsp3) is 0.714. The zero-order valence-corrected chi connectivity index (χ0v) is 13.4. The van der Waals surface area contributed by atoms with Crippen LogP contribution in [0.5, 0.6) is 0 Å². The zero-order valence-electron chi connectivity index (χ0n) is 13.4. The first kappa shape index (κ1) is 18.9. The van der Waals surface area contributed by atoms with Crippen LogP contribution in [0.3, 0.4) is 0 Å². The highest BCUT2D eigenvalue weighted by atomic mass is 16.7. The second-order valence-electron chi connectivity index (χ2n) is 4.99. The highest BCUT2D eigenvalue weighted by Gasteiger charge is 2.44. The second-order valence-corrected chi connectivity index (χ2v) is 4.99. The van der Waals surface area contributed by atoms with Crippen LogP contribution in [0.15, 0.2) is 0 Å². The number of ether oxygens (including phenoxy) is 5. The van der Waals surface area contributed by atoms with E-state index in [1.54, 1.807) is 0 Å². The van der Waals surface area contributed by atoms with Crippen LogP contribution in [-0.4, -0.2) is 55.1 Å². The molecule has 9 heteroatoms. The van der Waals surface area contributed by atoms with Gasteiger partial charge in [-0.05, 0) is 0 Å². The number of rotatable bonds is 6. The third-order valence-corrected chi connectivity index (χ3v) is 2.86. The van der Waals surface area contributed by atoms with Crippen molar-refractivity contribution in [2.24, 2.45) is 0 Å². The van der Waals surface area contributed by atoms with Crippen LogP contribution in [0.2, 0.25) is 0 Å². The van der Waals surface area contributed by atoms with Crippen LogP contribution < -0.4 is 0 Å². The normalized spacial score (nSPS) is 24.4. The standard InChI is InChI=1S/C14H20O9/c1-7(15)19-6-13(21-9(3)17)11-5-12(20-8(2)16)14(23-11)22-10(4)18/h11-14H,5-6H2,1-4H3/t11-,12-,13-,14?/m1/s1. The lowest BCUT2D eigenvalue weighted by Crippen LogP contribution is -2.36. The van der Waals surface area contributed by atoms with Crippen molar-refractivity contribution in [2.75, 3.05) is 6.61 Å². The van der Waals surface area contributed by atoms with Gasteiger partial charge in [-0.3, -0.25) is 19.2 Å². The van der Waals surface area contributed by atoms with Crippen LogP contribution in [0.1, 0.15) is 34.1 Å². The highest BCUT2D eigenvalue weighted by Crippen LogP contribution is 2.28. The Hall–Kier alpha value is -2.16. The first-order valence-corrected chi connectivity index (χ1v) is 6.99. The van der Waals surface area contributed by atoms with E-state index in [0.29, 0.717) is 0 Å². The molecular weight excluding hydrogens is 312 g/mol. The van der Waals surface area contributed by atoms with E-state index in [1.165, 1.54) is 27.7 Å². The lowest BCUT2D eigenvalue weighted by Gasteiger charge is -2.22. The summed E-state index contributed by atoms with van der Waals surface area (Å²) in [6.45, 7) is 4.58. The summed E-state index contributed by atoms with van der Waals surface area (Å²) in [5.41, 5.74) is 0. The molecule has 0 aromatic rings. The van der Waals surface area contributed by atoms with Crippen molar-refractivity contribution in [2.45, 2.75) is 58.7 Å². The molecular formula is C14H20O9. The lowest BCUT2D eigenvalue weighted by molar-refractivity contribution is -0.203. The third-order valence-electron chi connectivity index (χ3n) is 2.86. The number of hydrogen-bond acceptors (Lipinski definition) is 9. The first-order chi connectivity index (χ1) is 10.7. The average Bonchev–Trinajstić information content (AvgIpc) is 2.75. The molecule has 1 aliphatic rings. The van der Waals surface area contributed by atoms with E-state index in [9.17, 15) is 19.2 Å². The van der Waals surface area contributed by atoms with E-state index >= 15 is 0 Å². The number of carbonyl (C=O) groups excluding carboxylic acids is 4. The average molecular weight is 332 g/mol. The van der Waals surface area contributed by atoms with Gasteiger partial charge in [-0.1, -0.05) is 0 Å². The van der Waals surface area contributed by atoms with Gasteiger partial charge in [0.2, 0.25) is 6.29 Å². The molecule has 9 nitrogen and oxygen atoms in total. The Morgan fingerprint density at radius 3 is 2.04 bits per heavy atom. The van der Waals surface area contributed by atoms with Gasteiger partial charge in [0.25, 0.3) is 0 Å². The molecule has 0 aromatic carbocycles. The summed E-state index contributed by atoms with van der Waals surface area (Å²) in [7, 11) is 0. The lowest BCUT2D eigenvalue weighted by atomic mass is 10.1. The molecule has 130 valence electrons. The summed E-state index contributed by atoms with van der Waals surface area (Å²) in [6, 6.07) is 0. The highest BCUT2D eigenvalue weighted by molar-refractivity contribution is 5.68. The Balaban J connectivity index is 2.80. The van der Waals surface area contributed by atoms with Gasteiger partial charge in [0, 0.05) is 34.1 Å². The maximum atomic E-state index is 11.2. The third kappa shape index (κ3) is 6.64. The van der Waals surface area contributed by atoms with Gasteiger partial charge >= 0.3 is 23.9 Å². The van der Waals surface area contributed by atoms with Gasteiger partial charge in [0.05, 0.1) is 0 Å². The Bertz CT molecular complexity index is 449. The van der Waals surface area contributed by atoms with E-state index in [1.807, 2.05) is 0 Å². The second kappa shape index (κ2) is 8.47. The van der Waals surface area contributed by atoms with E-state index in [4.69, 9.17) is 23.7 Å². The zero-order chi connectivity index (χ0) is 17.6. The summed E-state index contributed by atoms with van der Waals surface area (Å²) in [4.78, 5) is 44.3. The van der Waals surface area contributed by atoms with Crippen molar-refractivity contribution >= 4 is 23.9 Å². The summed E-state index contributed by atoms with van der Waals surface area (Å²) < 4.78 is 25.4. The smallest absolute Gasteiger partial charge is 0.305 e. The predicted octanol–water partition coefficient (Wildman–Crippen LogP) is 0.0910. The Morgan fingerprint density at radius 2 is 1.57 bits per heavy atom. The van der Waals surface area contributed by atoms with Crippen molar-refractivity contribution in [3.63, 3.8) is 0 Å². The number of esters is 4. The maximum absolute atomic E-state index is 11.2. The molecule has 0 bridgehead atoms. The fourth-order valence-electron chi connectivity index (χ4n) is 2.11. The van der Waals surface area contributed by atoms with Gasteiger partial charge in [-0.15, -0.1) is 0 Å². The van der Waals surface area contributed by atoms with E-state index in [2.05, 4.69) is 0 Å². The Morgan fingerprint density at radius 1 is 0.957 bits per heavy atom. The molecule has 0 aromatic heterocycles. The van der Waals surface area contributed by atoms with Crippen LogP contribution in [0.25, 0.3) is 0 Å². The number of carbonyl (C=O) groups is 4. The van der Waals surface area contributed by atoms with Crippen LogP contribution >= 0.6 is 0 Å². The van der Waals surface area contributed by atoms with Crippen molar-refractivity contribution in [3.8, 4) is 0 Å². The van der Waals surface area contributed by atoms with Crippen LogP contribution in [0, 0.1) is 0 Å². The van der Waals surface area contributed by atoms with Crippen LogP contribution in [0.4, 0.5) is 0 Å². The van der Waals surface area contributed by atoms with Gasteiger partial charge in [0.15, 0.2) is 12.2 Å². The summed E-state index contributed by atoms with van der Waals surface area (Å²) in [5, 5.41) is 0. The molecule has 1 saturated heterocycles. The quantitative estimate of drug-likeness (QED) is 0.493. The molecule has 1 heterocycles. The topological polar surface area (TPSA) is 114 Å². The molecule has 1 unspecified atom stereocenters. The molecule has 0 N–H and O–H groups in total. The van der Waals surface area contributed by atoms with Crippen molar-refractivity contribution in [3.05, 3.63) is 0 Å². The van der Waals surface area contributed by atoms with Gasteiger partial charge < -0.3 is 23.7 Å². The van der Waals surface area contributed by atoms with Crippen molar-refractivity contribution in [1.82, 2.24) is 0 Å². The van der Waals surface area contributed by atoms with Crippen molar-refractivity contribution in [1.29, 1.82) is 0 Å². The van der Waals surface area contributed by atoms with Gasteiger partial charge in [0.1, 0.15) is 12.7 Å². The minimum atomic E-state index is -1.11. The summed E-state index contributed by atoms with van der Waals surface area (Å²) in [6.07, 6.45) is -3.49. The molecule has 4 atom stereocenters. The molecule has 1 rings (SSSR count). The fourth-order valence-corrected chi connectivity index (χ4v) is 2.11. The summed E-state index contributed by atoms with van der Waals surface area (Å²) in [5.74, 6) is -2.32. The molecule has 0 aliphatic carbocycles.